The molecule has 0 aliphatic carbocycles. The van der Waals surface area contributed by atoms with E-state index in [1.807, 2.05) is 12.1 Å². The molecule has 3 aromatic rings. The first-order valence-electron chi connectivity index (χ1n) is 8.26. The van der Waals surface area contributed by atoms with Crippen molar-refractivity contribution in [2.75, 3.05) is 4.90 Å². The Morgan fingerprint density at radius 1 is 0.957 bits per heavy atom. The molecule has 0 bridgehead atoms. The largest absolute Gasteiger partial charge is 0.342 e. The monoisotopic (exact) mass is 301 g/mol. The average Bonchev–Trinajstić information content (AvgIpc) is 2.92. The van der Waals surface area contributed by atoms with Crippen LogP contribution in [0.15, 0.2) is 48.5 Å². The highest BCUT2D eigenvalue weighted by molar-refractivity contribution is 5.78. The van der Waals surface area contributed by atoms with E-state index in [-0.39, 0.29) is 5.54 Å². The van der Waals surface area contributed by atoms with E-state index in [1.54, 1.807) is 0 Å². The van der Waals surface area contributed by atoms with Crippen molar-refractivity contribution >= 4 is 16.9 Å². The van der Waals surface area contributed by atoms with E-state index in [2.05, 4.69) is 55.1 Å². The summed E-state index contributed by atoms with van der Waals surface area (Å²) in [5.74, 6) is 1.08. The number of fused-ring (bicyclic) bond motifs is 6. The third-order valence-corrected chi connectivity index (χ3v) is 5.24. The lowest BCUT2D eigenvalue weighted by molar-refractivity contribution is 0.393. The second kappa shape index (κ2) is 4.31. The lowest BCUT2D eigenvalue weighted by Gasteiger charge is -2.46. The molecule has 23 heavy (non-hydrogen) atoms. The number of hydrogen-bond donors (Lipinski definition) is 0. The zero-order valence-corrected chi connectivity index (χ0v) is 13.5. The molecule has 2 aliphatic heterocycles. The van der Waals surface area contributed by atoms with Gasteiger partial charge in [-0.05, 0) is 43.5 Å². The molecule has 5 rings (SSSR count). The minimum Gasteiger partial charge on any atom is -0.342 e. The molecule has 0 N–H and O–H groups in total. The van der Waals surface area contributed by atoms with E-state index in [0.29, 0.717) is 6.04 Å². The van der Waals surface area contributed by atoms with Gasteiger partial charge in [0.15, 0.2) is 5.82 Å². The second-order valence-electron chi connectivity index (χ2n) is 7.26. The van der Waals surface area contributed by atoms with Crippen LogP contribution >= 0.6 is 0 Å². The smallest absolute Gasteiger partial charge is 0.152 e. The third-order valence-electron chi connectivity index (χ3n) is 5.24. The van der Waals surface area contributed by atoms with Crippen LogP contribution in [0.4, 0.5) is 5.82 Å². The van der Waals surface area contributed by atoms with Gasteiger partial charge in [0, 0.05) is 12.0 Å². The maximum atomic E-state index is 4.97. The first-order chi connectivity index (χ1) is 11.1. The Labute approximate surface area is 136 Å². The van der Waals surface area contributed by atoms with Gasteiger partial charge < -0.3 is 4.90 Å². The fourth-order valence-electron chi connectivity index (χ4n) is 4.31. The van der Waals surface area contributed by atoms with Gasteiger partial charge in [-0.15, -0.1) is 0 Å². The Morgan fingerprint density at radius 2 is 1.65 bits per heavy atom. The number of aromatic nitrogens is 2. The van der Waals surface area contributed by atoms with Crippen molar-refractivity contribution in [1.29, 1.82) is 0 Å². The summed E-state index contributed by atoms with van der Waals surface area (Å²) in [6, 6.07) is 17.4. The highest BCUT2D eigenvalue weighted by Gasteiger charge is 2.45. The molecule has 3 nitrogen and oxygen atoms in total. The van der Waals surface area contributed by atoms with Crippen molar-refractivity contribution in [3.63, 3.8) is 0 Å². The molecule has 1 unspecified atom stereocenters. The lowest BCUT2D eigenvalue weighted by Crippen LogP contribution is -2.50. The van der Waals surface area contributed by atoms with Gasteiger partial charge in [-0.3, -0.25) is 0 Å². The van der Waals surface area contributed by atoms with Gasteiger partial charge >= 0.3 is 0 Å². The van der Waals surface area contributed by atoms with Crippen molar-refractivity contribution in [1.82, 2.24) is 9.97 Å². The average molecular weight is 301 g/mol. The van der Waals surface area contributed by atoms with Gasteiger partial charge in [-0.25, -0.2) is 9.97 Å². The van der Waals surface area contributed by atoms with Gasteiger partial charge in [0.25, 0.3) is 0 Å². The summed E-state index contributed by atoms with van der Waals surface area (Å²) in [5.41, 5.74) is 6.09. The van der Waals surface area contributed by atoms with Crippen molar-refractivity contribution < 1.29 is 0 Å². The summed E-state index contributed by atoms with van der Waals surface area (Å²) in [4.78, 5) is 12.4. The van der Waals surface area contributed by atoms with E-state index in [4.69, 9.17) is 9.97 Å². The number of benzene rings is 2. The van der Waals surface area contributed by atoms with Gasteiger partial charge in [-0.2, -0.15) is 0 Å². The van der Waals surface area contributed by atoms with Crippen molar-refractivity contribution in [2.24, 2.45) is 0 Å². The zero-order chi connectivity index (χ0) is 15.6. The predicted molar refractivity (Wildman–Crippen MR) is 92.7 cm³/mol. The molecule has 0 radical (unpaired) electrons. The molecule has 0 saturated carbocycles. The van der Waals surface area contributed by atoms with Gasteiger partial charge in [0.05, 0.1) is 22.8 Å². The van der Waals surface area contributed by atoms with E-state index >= 15 is 0 Å². The predicted octanol–water partition coefficient (Wildman–Crippen LogP) is 4.07. The van der Waals surface area contributed by atoms with Crippen molar-refractivity contribution in [3.05, 3.63) is 65.4 Å². The van der Waals surface area contributed by atoms with Crippen LogP contribution in [0.5, 0.6) is 0 Å². The van der Waals surface area contributed by atoms with Crippen LogP contribution in [-0.4, -0.2) is 15.5 Å². The Kier molecular flexibility index (Phi) is 2.45. The van der Waals surface area contributed by atoms with E-state index in [9.17, 15) is 0 Å². The van der Waals surface area contributed by atoms with Crippen molar-refractivity contribution in [2.45, 2.75) is 38.3 Å². The minimum atomic E-state index is 0.0570. The molecule has 0 saturated heterocycles. The lowest BCUT2D eigenvalue weighted by atomic mass is 9.82. The van der Waals surface area contributed by atoms with E-state index in [1.165, 1.54) is 11.1 Å². The quantitative estimate of drug-likeness (QED) is 0.627. The van der Waals surface area contributed by atoms with Crippen LogP contribution in [0.25, 0.3) is 11.0 Å². The molecule has 114 valence electrons. The van der Waals surface area contributed by atoms with Crippen LogP contribution in [0.1, 0.15) is 36.7 Å². The molecule has 1 atom stereocenters. The van der Waals surface area contributed by atoms with E-state index < -0.39 is 0 Å². The van der Waals surface area contributed by atoms with Crippen molar-refractivity contribution in [3.8, 4) is 0 Å². The minimum absolute atomic E-state index is 0.0570. The second-order valence-corrected chi connectivity index (χ2v) is 7.26. The Bertz CT molecular complexity index is 929. The Balaban J connectivity index is 1.75. The highest BCUT2D eigenvalue weighted by atomic mass is 15.3. The maximum Gasteiger partial charge on any atom is 0.152 e. The molecule has 2 aliphatic rings. The van der Waals surface area contributed by atoms with Crippen LogP contribution in [0.2, 0.25) is 0 Å². The van der Waals surface area contributed by atoms with Crippen LogP contribution in [-0.2, 0) is 12.8 Å². The van der Waals surface area contributed by atoms with Gasteiger partial charge in [0.2, 0.25) is 0 Å². The standard InChI is InChI=1S/C20H19N3/c1-20(2)12-13-7-3-4-8-14(13)18-11-17-19(23(18)20)22-16-10-6-5-9-15(16)21-17/h3-10,18H,11-12H2,1-2H3. The summed E-state index contributed by atoms with van der Waals surface area (Å²) in [6.45, 7) is 4.64. The van der Waals surface area contributed by atoms with Crippen LogP contribution < -0.4 is 4.90 Å². The number of hydrogen-bond acceptors (Lipinski definition) is 3. The summed E-state index contributed by atoms with van der Waals surface area (Å²) >= 11 is 0. The first kappa shape index (κ1) is 13.1. The summed E-state index contributed by atoms with van der Waals surface area (Å²) in [5, 5.41) is 0. The van der Waals surface area contributed by atoms with Crippen LogP contribution in [0, 0.1) is 0 Å². The normalized spacial score (nSPS) is 21.0. The molecular formula is C20H19N3. The highest BCUT2D eigenvalue weighted by Crippen LogP contribution is 2.48. The summed E-state index contributed by atoms with van der Waals surface area (Å²) in [6.07, 6.45) is 2.00. The Hall–Kier alpha value is -2.42. The fraction of sp³-hybridized carbons (Fsp3) is 0.300. The Morgan fingerprint density at radius 3 is 2.48 bits per heavy atom. The van der Waals surface area contributed by atoms with Crippen LogP contribution in [0.3, 0.4) is 0 Å². The number of rotatable bonds is 0. The molecular weight excluding hydrogens is 282 g/mol. The number of nitrogens with zero attached hydrogens (tertiary/aromatic N) is 3. The van der Waals surface area contributed by atoms with Gasteiger partial charge in [0.1, 0.15) is 0 Å². The SMILES string of the molecule is CC1(C)Cc2ccccc2C2Cc3nc4ccccc4nc3N21. The molecule has 2 aromatic carbocycles. The molecule has 0 fully saturated rings. The van der Waals surface area contributed by atoms with Gasteiger partial charge in [-0.1, -0.05) is 36.4 Å². The number of anilines is 1. The fourth-order valence-corrected chi connectivity index (χ4v) is 4.31. The molecule has 3 heteroatoms. The number of para-hydroxylation sites is 2. The molecule has 3 heterocycles. The summed E-state index contributed by atoms with van der Waals surface area (Å²) in [7, 11) is 0. The molecule has 1 aromatic heterocycles. The van der Waals surface area contributed by atoms with E-state index in [0.717, 1.165) is 35.4 Å². The summed E-state index contributed by atoms with van der Waals surface area (Å²) < 4.78 is 0. The molecule has 0 amide bonds. The maximum absolute atomic E-state index is 4.97. The first-order valence-corrected chi connectivity index (χ1v) is 8.26. The third kappa shape index (κ3) is 1.76. The molecule has 0 spiro atoms. The topological polar surface area (TPSA) is 29.0 Å². The zero-order valence-electron chi connectivity index (χ0n) is 13.5.